The zero-order valence-electron chi connectivity index (χ0n) is 12.7. The molecule has 1 saturated heterocycles. The van der Waals surface area contributed by atoms with Gasteiger partial charge < -0.3 is 15.5 Å². The molecule has 0 aromatic carbocycles. The Hall–Kier alpha value is -1.23. The Balaban J connectivity index is 2.14. The van der Waals surface area contributed by atoms with Crippen molar-refractivity contribution < 1.29 is 0 Å². The van der Waals surface area contributed by atoms with E-state index in [9.17, 15) is 0 Å². The van der Waals surface area contributed by atoms with Crippen molar-refractivity contribution in [3.8, 4) is 0 Å². The molecule has 19 heavy (non-hydrogen) atoms. The first-order valence-electron chi connectivity index (χ1n) is 7.28. The molecule has 1 fully saturated rings. The molecule has 0 radical (unpaired) electrons. The SMILES string of the molecule is CCCn1nc(C)c(N)c1N1CCC(N(C)C)CC1. The van der Waals surface area contributed by atoms with Crippen LogP contribution in [0.1, 0.15) is 31.9 Å². The van der Waals surface area contributed by atoms with Crippen LogP contribution in [-0.2, 0) is 6.54 Å². The fraction of sp³-hybridized carbons (Fsp3) is 0.786. The van der Waals surface area contributed by atoms with E-state index in [2.05, 4.69) is 40.6 Å². The van der Waals surface area contributed by atoms with Crippen LogP contribution in [0.5, 0.6) is 0 Å². The highest BCUT2D eigenvalue weighted by atomic mass is 15.4. The number of nitrogens with zero attached hydrogens (tertiary/aromatic N) is 4. The van der Waals surface area contributed by atoms with Crippen LogP contribution in [0.4, 0.5) is 11.5 Å². The Morgan fingerprint density at radius 3 is 2.47 bits per heavy atom. The van der Waals surface area contributed by atoms with Gasteiger partial charge in [0, 0.05) is 25.7 Å². The number of rotatable bonds is 4. The maximum Gasteiger partial charge on any atom is 0.150 e. The molecule has 5 heteroatoms. The highest BCUT2D eigenvalue weighted by molar-refractivity contribution is 5.66. The number of nitrogens with two attached hydrogens (primary N) is 1. The summed E-state index contributed by atoms with van der Waals surface area (Å²) in [5.74, 6) is 1.14. The van der Waals surface area contributed by atoms with Gasteiger partial charge in [-0.3, -0.25) is 0 Å². The number of aryl methyl sites for hydroxylation is 2. The highest BCUT2D eigenvalue weighted by Gasteiger charge is 2.25. The summed E-state index contributed by atoms with van der Waals surface area (Å²) >= 11 is 0. The second-order valence-electron chi connectivity index (χ2n) is 5.73. The normalized spacial score (nSPS) is 17.4. The van der Waals surface area contributed by atoms with Gasteiger partial charge in [0.2, 0.25) is 0 Å². The first-order valence-corrected chi connectivity index (χ1v) is 7.28. The smallest absolute Gasteiger partial charge is 0.150 e. The van der Waals surface area contributed by atoms with E-state index in [1.54, 1.807) is 0 Å². The molecule has 0 aliphatic carbocycles. The van der Waals surface area contributed by atoms with E-state index in [4.69, 9.17) is 5.73 Å². The van der Waals surface area contributed by atoms with Gasteiger partial charge in [-0.15, -0.1) is 0 Å². The minimum Gasteiger partial charge on any atom is -0.394 e. The van der Waals surface area contributed by atoms with Crippen molar-refractivity contribution in [3.63, 3.8) is 0 Å². The molecule has 0 saturated carbocycles. The van der Waals surface area contributed by atoms with Gasteiger partial charge in [-0.25, -0.2) is 4.68 Å². The quantitative estimate of drug-likeness (QED) is 0.900. The summed E-state index contributed by atoms with van der Waals surface area (Å²) in [4.78, 5) is 4.74. The minimum absolute atomic E-state index is 0.695. The second-order valence-corrected chi connectivity index (χ2v) is 5.73. The molecule has 2 heterocycles. The zero-order chi connectivity index (χ0) is 14.0. The third kappa shape index (κ3) is 2.86. The number of hydrogen-bond acceptors (Lipinski definition) is 4. The van der Waals surface area contributed by atoms with Crippen LogP contribution in [0.3, 0.4) is 0 Å². The van der Waals surface area contributed by atoms with Crippen LogP contribution in [0.2, 0.25) is 0 Å². The molecule has 1 aromatic rings. The summed E-state index contributed by atoms with van der Waals surface area (Å²) in [6, 6.07) is 0.695. The van der Waals surface area contributed by atoms with Crippen LogP contribution in [0.15, 0.2) is 0 Å². The lowest BCUT2D eigenvalue weighted by Gasteiger charge is -2.36. The van der Waals surface area contributed by atoms with Crippen molar-refractivity contribution in [3.05, 3.63) is 5.69 Å². The van der Waals surface area contributed by atoms with Gasteiger partial charge in [-0.1, -0.05) is 6.92 Å². The molecule has 1 aliphatic heterocycles. The molecule has 0 unspecified atom stereocenters. The zero-order valence-corrected chi connectivity index (χ0v) is 12.7. The fourth-order valence-electron chi connectivity index (χ4n) is 2.88. The molecule has 5 nitrogen and oxygen atoms in total. The Bertz CT molecular complexity index is 416. The maximum absolute atomic E-state index is 6.22. The number of nitrogen functional groups attached to an aromatic ring is 1. The molecule has 2 N–H and O–H groups in total. The molecule has 1 aromatic heterocycles. The fourth-order valence-corrected chi connectivity index (χ4v) is 2.88. The van der Waals surface area contributed by atoms with E-state index in [0.717, 1.165) is 43.3 Å². The number of anilines is 2. The molecule has 2 rings (SSSR count). The van der Waals surface area contributed by atoms with Crippen molar-refractivity contribution >= 4 is 11.5 Å². The first-order chi connectivity index (χ1) is 9.04. The summed E-state index contributed by atoms with van der Waals surface area (Å²) in [6.07, 6.45) is 3.48. The van der Waals surface area contributed by atoms with Crippen molar-refractivity contribution in [2.24, 2.45) is 0 Å². The number of hydrogen-bond donors (Lipinski definition) is 1. The van der Waals surface area contributed by atoms with Gasteiger partial charge >= 0.3 is 0 Å². The van der Waals surface area contributed by atoms with Gasteiger partial charge in [0.15, 0.2) is 5.82 Å². The molecular weight excluding hydrogens is 238 g/mol. The molecular formula is C14H27N5. The second kappa shape index (κ2) is 5.82. The van der Waals surface area contributed by atoms with Gasteiger partial charge in [-0.05, 0) is 40.3 Å². The monoisotopic (exact) mass is 265 g/mol. The van der Waals surface area contributed by atoms with Gasteiger partial charge in [0.05, 0.1) is 11.4 Å². The standard InChI is InChI=1S/C14H27N5/c1-5-8-19-14(13(15)11(2)16-19)18-9-6-12(7-10-18)17(3)4/h12H,5-10,15H2,1-4H3. The number of aromatic nitrogens is 2. The Morgan fingerprint density at radius 1 is 1.32 bits per heavy atom. The summed E-state index contributed by atoms with van der Waals surface area (Å²) in [5.41, 5.74) is 8.04. The summed E-state index contributed by atoms with van der Waals surface area (Å²) < 4.78 is 2.08. The Morgan fingerprint density at radius 2 is 1.95 bits per heavy atom. The minimum atomic E-state index is 0.695. The lowest BCUT2D eigenvalue weighted by Crippen LogP contribution is -2.42. The Labute approximate surface area is 116 Å². The molecule has 108 valence electrons. The third-order valence-corrected chi connectivity index (χ3v) is 4.08. The highest BCUT2D eigenvalue weighted by Crippen LogP contribution is 2.29. The van der Waals surface area contributed by atoms with Crippen LogP contribution < -0.4 is 10.6 Å². The average molecular weight is 265 g/mol. The lowest BCUT2D eigenvalue weighted by molar-refractivity contribution is 0.248. The van der Waals surface area contributed by atoms with E-state index >= 15 is 0 Å². The molecule has 0 amide bonds. The van der Waals surface area contributed by atoms with Gasteiger partial charge in [0.1, 0.15) is 0 Å². The summed E-state index contributed by atoms with van der Waals surface area (Å²) in [6.45, 7) is 7.26. The van der Waals surface area contributed by atoms with Crippen molar-refractivity contribution in [1.82, 2.24) is 14.7 Å². The average Bonchev–Trinajstić information content (AvgIpc) is 2.66. The van der Waals surface area contributed by atoms with Crippen LogP contribution >= 0.6 is 0 Å². The van der Waals surface area contributed by atoms with Crippen molar-refractivity contribution in [2.75, 3.05) is 37.8 Å². The van der Waals surface area contributed by atoms with E-state index in [1.807, 2.05) is 6.92 Å². The predicted octanol–water partition coefficient (Wildman–Crippen LogP) is 1.71. The van der Waals surface area contributed by atoms with Crippen LogP contribution in [0, 0.1) is 6.92 Å². The van der Waals surface area contributed by atoms with Crippen molar-refractivity contribution in [2.45, 2.75) is 45.7 Å². The third-order valence-electron chi connectivity index (χ3n) is 4.08. The Kier molecular flexibility index (Phi) is 4.34. The largest absolute Gasteiger partial charge is 0.394 e. The summed E-state index contributed by atoms with van der Waals surface area (Å²) in [5, 5.41) is 4.57. The molecule has 0 spiro atoms. The molecule has 0 bridgehead atoms. The van der Waals surface area contributed by atoms with Crippen LogP contribution in [-0.4, -0.2) is 47.9 Å². The topological polar surface area (TPSA) is 50.3 Å². The molecule has 1 aliphatic rings. The lowest BCUT2D eigenvalue weighted by atomic mass is 10.0. The predicted molar refractivity (Wildman–Crippen MR) is 80.6 cm³/mol. The number of piperidine rings is 1. The first kappa shape index (κ1) is 14.2. The van der Waals surface area contributed by atoms with Gasteiger partial charge in [-0.2, -0.15) is 5.10 Å². The summed E-state index contributed by atoms with van der Waals surface area (Å²) in [7, 11) is 4.33. The van der Waals surface area contributed by atoms with Crippen molar-refractivity contribution in [1.29, 1.82) is 0 Å². The van der Waals surface area contributed by atoms with Gasteiger partial charge in [0.25, 0.3) is 0 Å². The van der Waals surface area contributed by atoms with E-state index in [0.29, 0.717) is 6.04 Å². The maximum atomic E-state index is 6.22. The van der Waals surface area contributed by atoms with E-state index in [-0.39, 0.29) is 0 Å². The van der Waals surface area contributed by atoms with Crippen LogP contribution in [0.25, 0.3) is 0 Å². The van der Waals surface area contributed by atoms with E-state index in [1.165, 1.54) is 12.8 Å². The van der Waals surface area contributed by atoms with E-state index < -0.39 is 0 Å². The molecule has 0 atom stereocenters.